The molecule has 2 amide bonds. The molecule has 2 aliphatic rings. The first-order valence-electron chi connectivity index (χ1n) is 12.5. The molecule has 6 rings (SSSR count). The van der Waals surface area contributed by atoms with Crippen LogP contribution in [0.2, 0.25) is 0 Å². The third kappa shape index (κ3) is 3.68. The van der Waals surface area contributed by atoms with Gasteiger partial charge in [0.1, 0.15) is 11.6 Å². The predicted octanol–water partition coefficient (Wildman–Crippen LogP) is 4.59. The molecular weight excluding hydrogens is 469 g/mol. The number of para-hydroxylation sites is 1. The van der Waals surface area contributed by atoms with Gasteiger partial charge in [-0.05, 0) is 60.4 Å². The first kappa shape index (κ1) is 23.3. The number of carbonyl (C=O) groups excluding carboxylic acids is 2. The summed E-state index contributed by atoms with van der Waals surface area (Å²) in [7, 11) is 1.64. The quantitative estimate of drug-likeness (QED) is 0.439. The Morgan fingerprint density at radius 3 is 2.49 bits per heavy atom. The monoisotopic (exact) mass is 497 g/mol. The van der Waals surface area contributed by atoms with E-state index in [-0.39, 0.29) is 30.1 Å². The second-order valence-corrected chi connectivity index (χ2v) is 9.96. The van der Waals surface area contributed by atoms with Crippen molar-refractivity contribution in [3.8, 4) is 5.75 Å². The van der Waals surface area contributed by atoms with E-state index in [1.54, 1.807) is 29.0 Å². The van der Waals surface area contributed by atoms with Crippen molar-refractivity contribution in [2.45, 2.75) is 24.8 Å². The number of rotatable bonds is 5. The van der Waals surface area contributed by atoms with E-state index in [0.717, 1.165) is 39.0 Å². The molecule has 2 aliphatic heterocycles. The number of ether oxygens (including phenoxy) is 1. The van der Waals surface area contributed by atoms with Crippen LogP contribution in [0.1, 0.15) is 35.2 Å². The molecule has 1 fully saturated rings. The Labute approximate surface area is 214 Å². The lowest BCUT2D eigenvalue weighted by molar-refractivity contribution is -0.166. The highest BCUT2D eigenvalue weighted by atomic mass is 19.1. The van der Waals surface area contributed by atoms with E-state index in [0.29, 0.717) is 19.5 Å². The van der Waals surface area contributed by atoms with Crippen molar-refractivity contribution < 1.29 is 18.7 Å². The van der Waals surface area contributed by atoms with Crippen LogP contribution >= 0.6 is 0 Å². The van der Waals surface area contributed by atoms with Gasteiger partial charge in [-0.15, -0.1) is 0 Å². The van der Waals surface area contributed by atoms with Crippen LogP contribution in [0.3, 0.4) is 0 Å². The Kier molecular flexibility index (Phi) is 5.51. The Bertz CT molecular complexity index is 1500. The number of nitrogens with zero attached hydrogens (tertiary/aromatic N) is 2. The smallest absolute Gasteiger partial charge is 0.254 e. The standard InChI is InChI=1S/C30H28FN3O3/c1-30-28-27(23-5-3-4-6-25(23)32-28)24(20-9-13-22(37-2)14-10-20)17-34(30)26(35)18-33(29(30)36)16-15-19-7-11-21(31)12-8-19/h3-14,24,32H,15-18H2,1-2H3/t24-,30+/m1/s1. The zero-order chi connectivity index (χ0) is 25.7. The Morgan fingerprint density at radius 1 is 1.03 bits per heavy atom. The third-order valence-corrected chi connectivity index (χ3v) is 7.92. The summed E-state index contributed by atoms with van der Waals surface area (Å²) in [6.07, 6.45) is 0.545. The van der Waals surface area contributed by atoms with Gasteiger partial charge in [0.25, 0.3) is 5.91 Å². The maximum absolute atomic E-state index is 14.1. The summed E-state index contributed by atoms with van der Waals surface area (Å²) in [6, 6.07) is 22.2. The fraction of sp³-hybridized carbons (Fsp3) is 0.267. The van der Waals surface area contributed by atoms with E-state index in [4.69, 9.17) is 4.74 Å². The Morgan fingerprint density at radius 2 is 1.76 bits per heavy atom. The number of carbonyl (C=O) groups is 2. The number of aromatic amines is 1. The minimum atomic E-state index is -1.14. The van der Waals surface area contributed by atoms with Crippen LogP contribution in [0.15, 0.2) is 72.8 Å². The zero-order valence-electron chi connectivity index (χ0n) is 20.8. The molecule has 0 saturated carbocycles. The second kappa shape index (κ2) is 8.76. The predicted molar refractivity (Wildman–Crippen MR) is 139 cm³/mol. The maximum atomic E-state index is 14.1. The normalized spacial score (nSPS) is 21.2. The van der Waals surface area contributed by atoms with Gasteiger partial charge in [0.2, 0.25) is 5.91 Å². The Hall–Kier alpha value is -4.13. The molecule has 2 atom stereocenters. The van der Waals surface area contributed by atoms with Gasteiger partial charge in [-0.3, -0.25) is 9.59 Å². The molecule has 1 N–H and O–H groups in total. The number of piperazine rings is 1. The van der Waals surface area contributed by atoms with Crippen LogP contribution in [0, 0.1) is 5.82 Å². The summed E-state index contributed by atoms with van der Waals surface area (Å²) in [5, 5.41) is 1.06. The highest BCUT2D eigenvalue weighted by Gasteiger charge is 2.56. The molecule has 0 spiro atoms. The fourth-order valence-corrected chi connectivity index (χ4v) is 5.91. The van der Waals surface area contributed by atoms with E-state index >= 15 is 0 Å². The van der Waals surface area contributed by atoms with Crippen molar-refractivity contribution in [1.82, 2.24) is 14.8 Å². The van der Waals surface area contributed by atoms with E-state index in [1.165, 1.54) is 12.1 Å². The lowest BCUT2D eigenvalue weighted by Crippen LogP contribution is -2.67. The average molecular weight is 498 g/mol. The second-order valence-electron chi connectivity index (χ2n) is 9.96. The molecule has 1 saturated heterocycles. The molecule has 188 valence electrons. The number of halogens is 1. The van der Waals surface area contributed by atoms with Crippen molar-refractivity contribution >= 4 is 22.7 Å². The molecule has 0 aliphatic carbocycles. The minimum absolute atomic E-state index is 0.0283. The van der Waals surface area contributed by atoms with E-state index in [9.17, 15) is 14.0 Å². The molecule has 3 heterocycles. The molecule has 0 unspecified atom stereocenters. The van der Waals surface area contributed by atoms with Gasteiger partial charge in [0.05, 0.1) is 19.3 Å². The number of aromatic nitrogens is 1. The highest BCUT2D eigenvalue weighted by Crippen LogP contribution is 2.48. The molecule has 7 heteroatoms. The van der Waals surface area contributed by atoms with Crippen LogP contribution < -0.4 is 4.74 Å². The van der Waals surface area contributed by atoms with Crippen molar-refractivity contribution in [2.24, 2.45) is 0 Å². The number of benzene rings is 3. The maximum Gasteiger partial charge on any atom is 0.254 e. The Balaban J connectivity index is 1.42. The van der Waals surface area contributed by atoms with Gasteiger partial charge in [-0.25, -0.2) is 4.39 Å². The first-order chi connectivity index (χ1) is 17.9. The number of nitrogens with one attached hydrogen (secondary N) is 1. The molecule has 0 radical (unpaired) electrons. The van der Waals surface area contributed by atoms with Crippen LogP contribution in [0.5, 0.6) is 5.75 Å². The van der Waals surface area contributed by atoms with Gasteiger partial charge < -0.3 is 19.5 Å². The van der Waals surface area contributed by atoms with Crippen molar-refractivity contribution in [1.29, 1.82) is 0 Å². The van der Waals surface area contributed by atoms with Crippen LogP contribution in [-0.2, 0) is 21.5 Å². The number of hydrogen-bond acceptors (Lipinski definition) is 3. The topological polar surface area (TPSA) is 65.6 Å². The van der Waals surface area contributed by atoms with Crippen molar-refractivity contribution in [3.63, 3.8) is 0 Å². The van der Waals surface area contributed by atoms with E-state index < -0.39 is 5.54 Å². The summed E-state index contributed by atoms with van der Waals surface area (Å²) >= 11 is 0. The van der Waals surface area contributed by atoms with E-state index in [1.807, 2.05) is 49.4 Å². The van der Waals surface area contributed by atoms with Gasteiger partial charge in [0.15, 0.2) is 5.54 Å². The average Bonchev–Trinajstić information content (AvgIpc) is 3.32. The summed E-state index contributed by atoms with van der Waals surface area (Å²) in [6.45, 7) is 2.68. The molecule has 3 aromatic carbocycles. The van der Waals surface area contributed by atoms with Crippen LogP contribution in [0.4, 0.5) is 4.39 Å². The largest absolute Gasteiger partial charge is 0.497 e. The van der Waals surface area contributed by atoms with Gasteiger partial charge >= 0.3 is 0 Å². The summed E-state index contributed by atoms with van der Waals surface area (Å²) in [5.74, 6) is 0.201. The van der Waals surface area contributed by atoms with Crippen molar-refractivity contribution in [2.75, 3.05) is 26.7 Å². The van der Waals surface area contributed by atoms with Crippen molar-refractivity contribution in [3.05, 3.63) is 101 Å². The van der Waals surface area contributed by atoms with Gasteiger partial charge in [0, 0.05) is 29.9 Å². The minimum Gasteiger partial charge on any atom is -0.497 e. The molecule has 1 aromatic heterocycles. The third-order valence-electron chi connectivity index (χ3n) is 7.92. The van der Waals surface area contributed by atoms with Gasteiger partial charge in [-0.2, -0.15) is 0 Å². The van der Waals surface area contributed by atoms with Gasteiger partial charge in [-0.1, -0.05) is 42.5 Å². The molecule has 6 nitrogen and oxygen atoms in total. The fourth-order valence-electron chi connectivity index (χ4n) is 5.91. The lowest BCUT2D eigenvalue weighted by atomic mass is 9.76. The zero-order valence-corrected chi connectivity index (χ0v) is 20.8. The summed E-state index contributed by atoms with van der Waals surface area (Å²) in [5.41, 5.74) is 3.61. The van der Waals surface area contributed by atoms with E-state index in [2.05, 4.69) is 11.1 Å². The van der Waals surface area contributed by atoms with Crippen LogP contribution in [-0.4, -0.2) is 53.3 Å². The number of H-pyrrole nitrogens is 1. The number of fused-ring (bicyclic) bond motifs is 5. The first-order valence-corrected chi connectivity index (χ1v) is 12.5. The summed E-state index contributed by atoms with van der Waals surface area (Å²) < 4.78 is 18.7. The SMILES string of the molecule is COc1ccc([C@H]2CN3C(=O)CN(CCc4ccc(F)cc4)C(=O)[C@]3(C)c3[nH]c4ccccc4c32)cc1. The number of hydrogen-bond donors (Lipinski definition) is 1. The molecule has 0 bridgehead atoms. The highest BCUT2D eigenvalue weighted by molar-refractivity contribution is 6.01. The number of amides is 2. The van der Waals surface area contributed by atoms with Crippen LogP contribution in [0.25, 0.3) is 10.9 Å². The molecule has 37 heavy (non-hydrogen) atoms. The molecular formula is C30H28FN3O3. The molecule has 4 aromatic rings. The summed E-state index contributed by atoms with van der Waals surface area (Å²) in [4.78, 5) is 34.6. The lowest BCUT2D eigenvalue weighted by Gasteiger charge is -2.51. The number of methoxy groups -OCH3 is 1.